The van der Waals surface area contributed by atoms with Crippen molar-refractivity contribution in [2.45, 2.75) is 12.8 Å². The van der Waals surface area contributed by atoms with E-state index in [0.717, 1.165) is 30.4 Å². The molecule has 1 aliphatic rings. The van der Waals surface area contributed by atoms with Gasteiger partial charge in [-0.15, -0.1) is 11.3 Å². The summed E-state index contributed by atoms with van der Waals surface area (Å²) in [6, 6.07) is 2.81. The van der Waals surface area contributed by atoms with Crippen molar-refractivity contribution in [2.24, 2.45) is 0 Å². The number of hydrogen-bond donors (Lipinski definition) is 1. The Morgan fingerprint density at radius 2 is 1.96 bits per heavy atom. The normalized spacial score (nSPS) is 14.3. The van der Waals surface area contributed by atoms with Gasteiger partial charge in [-0.2, -0.15) is 0 Å². The first kappa shape index (κ1) is 19.2. The van der Waals surface area contributed by atoms with E-state index >= 15 is 0 Å². The van der Waals surface area contributed by atoms with Crippen molar-refractivity contribution < 1.29 is 18.4 Å². The highest BCUT2D eigenvalue weighted by molar-refractivity contribution is 7.13. The van der Waals surface area contributed by atoms with Gasteiger partial charge in [0.1, 0.15) is 11.6 Å². The average molecular weight is 394 g/mol. The average Bonchev–Trinajstić information content (AvgIpc) is 3.20. The molecule has 1 aliphatic heterocycles. The molecule has 27 heavy (non-hydrogen) atoms. The highest BCUT2D eigenvalue weighted by Gasteiger charge is 2.22. The number of aromatic nitrogens is 1. The number of nitrogens with zero attached hydrogens (tertiary/aromatic N) is 3. The van der Waals surface area contributed by atoms with Gasteiger partial charge in [-0.25, -0.2) is 13.8 Å². The van der Waals surface area contributed by atoms with Gasteiger partial charge in [-0.05, 0) is 18.6 Å². The van der Waals surface area contributed by atoms with Gasteiger partial charge in [0, 0.05) is 56.8 Å². The molecule has 2 amide bonds. The third kappa shape index (κ3) is 5.00. The lowest BCUT2D eigenvalue weighted by molar-refractivity contribution is -0.131. The van der Waals surface area contributed by atoms with Crippen LogP contribution < -0.4 is 10.2 Å². The minimum Gasteiger partial charge on any atom is -0.352 e. The van der Waals surface area contributed by atoms with Gasteiger partial charge in [-0.1, -0.05) is 0 Å². The molecule has 1 fully saturated rings. The van der Waals surface area contributed by atoms with Crippen LogP contribution in [-0.2, 0) is 4.79 Å². The maximum Gasteiger partial charge on any atom is 0.254 e. The Labute approximate surface area is 159 Å². The topological polar surface area (TPSA) is 65.5 Å². The van der Waals surface area contributed by atoms with Crippen LogP contribution in [0.2, 0.25) is 0 Å². The van der Waals surface area contributed by atoms with Crippen LogP contribution >= 0.6 is 11.3 Å². The Balaban J connectivity index is 1.37. The van der Waals surface area contributed by atoms with E-state index in [4.69, 9.17) is 0 Å². The molecule has 0 atom stereocenters. The third-order valence-corrected chi connectivity index (χ3v) is 5.18. The van der Waals surface area contributed by atoms with Crippen LogP contribution in [0.25, 0.3) is 0 Å². The van der Waals surface area contributed by atoms with Crippen molar-refractivity contribution in [3.8, 4) is 0 Å². The molecule has 6 nitrogen and oxygen atoms in total. The van der Waals surface area contributed by atoms with Crippen LogP contribution in [0.1, 0.15) is 23.2 Å². The van der Waals surface area contributed by atoms with Gasteiger partial charge in [-0.3, -0.25) is 9.59 Å². The smallest absolute Gasteiger partial charge is 0.254 e. The third-order valence-electron chi connectivity index (χ3n) is 4.35. The molecule has 1 saturated heterocycles. The van der Waals surface area contributed by atoms with Crippen LogP contribution in [0.3, 0.4) is 0 Å². The predicted molar refractivity (Wildman–Crippen MR) is 98.8 cm³/mol. The molecular formula is C18H20F2N4O2S. The first-order valence-electron chi connectivity index (χ1n) is 8.70. The number of nitrogens with one attached hydrogen (secondary N) is 1. The molecule has 0 radical (unpaired) electrons. The van der Waals surface area contributed by atoms with E-state index in [-0.39, 0.29) is 18.0 Å². The summed E-state index contributed by atoms with van der Waals surface area (Å²) in [7, 11) is 0. The summed E-state index contributed by atoms with van der Waals surface area (Å²) in [4.78, 5) is 32.4. The zero-order valence-corrected chi connectivity index (χ0v) is 15.5. The minimum atomic E-state index is -0.901. The molecule has 0 saturated carbocycles. The number of carbonyl (C=O) groups excluding carboxylic acids is 2. The molecule has 144 valence electrons. The zero-order valence-electron chi connectivity index (χ0n) is 14.7. The molecule has 1 aromatic heterocycles. The molecule has 2 aromatic rings. The van der Waals surface area contributed by atoms with Gasteiger partial charge in [0.2, 0.25) is 5.91 Å². The molecule has 0 spiro atoms. The van der Waals surface area contributed by atoms with E-state index in [0.29, 0.717) is 32.0 Å². The van der Waals surface area contributed by atoms with E-state index in [1.165, 1.54) is 0 Å². The maximum absolute atomic E-state index is 13.5. The second kappa shape index (κ2) is 8.90. The molecule has 1 aromatic carbocycles. The predicted octanol–water partition coefficient (Wildman–Crippen LogP) is 2.28. The Morgan fingerprint density at radius 1 is 1.19 bits per heavy atom. The Kier molecular flexibility index (Phi) is 6.33. The molecule has 3 rings (SSSR count). The fourth-order valence-electron chi connectivity index (χ4n) is 2.89. The first-order chi connectivity index (χ1) is 13.0. The molecule has 1 N–H and O–H groups in total. The highest BCUT2D eigenvalue weighted by Crippen LogP contribution is 2.19. The second-order valence-electron chi connectivity index (χ2n) is 6.17. The lowest BCUT2D eigenvalue weighted by Gasteiger charge is -2.34. The number of thiazole rings is 1. The summed E-state index contributed by atoms with van der Waals surface area (Å²) < 4.78 is 26.4. The first-order valence-corrected chi connectivity index (χ1v) is 9.58. The van der Waals surface area contributed by atoms with Crippen molar-refractivity contribution in [3.05, 3.63) is 47.0 Å². The molecule has 9 heteroatoms. The van der Waals surface area contributed by atoms with Crippen molar-refractivity contribution >= 4 is 28.3 Å². The number of carbonyl (C=O) groups is 2. The number of amides is 2. The summed E-state index contributed by atoms with van der Waals surface area (Å²) >= 11 is 1.58. The van der Waals surface area contributed by atoms with Gasteiger partial charge in [0.15, 0.2) is 5.13 Å². The lowest BCUT2D eigenvalue weighted by Crippen LogP contribution is -2.48. The number of anilines is 1. The van der Waals surface area contributed by atoms with Crippen molar-refractivity contribution in [1.29, 1.82) is 0 Å². The van der Waals surface area contributed by atoms with E-state index in [1.807, 2.05) is 10.3 Å². The van der Waals surface area contributed by atoms with E-state index in [9.17, 15) is 18.4 Å². The second-order valence-corrected chi connectivity index (χ2v) is 7.04. The van der Waals surface area contributed by atoms with Crippen molar-refractivity contribution in [2.75, 3.05) is 37.6 Å². The molecule has 0 bridgehead atoms. The summed E-state index contributed by atoms with van der Waals surface area (Å²) in [6.45, 7) is 3.04. The van der Waals surface area contributed by atoms with E-state index in [2.05, 4.69) is 15.2 Å². The van der Waals surface area contributed by atoms with E-state index < -0.39 is 17.5 Å². The Hall–Kier alpha value is -2.55. The van der Waals surface area contributed by atoms with Gasteiger partial charge in [0.25, 0.3) is 5.91 Å². The number of halogens is 2. The quantitative estimate of drug-likeness (QED) is 0.764. The van der Waals surface area contributed by atoms with Crippen LogP contribution in [0.5, 0.6) is 0 Å². The number of hydrogen-bond acceptors (Lipinski definition) is 5. The largest absolute Gasteiger partial charge is 0.352 e. The molecule has 0 unspecified atom stereocenters. The lowest BCUT2D eigenvalue weighted by atomic mass is 10.2. The number of piperazine rings is 1. The minimum absolute atomic E-state index is 0.0380. The van der Waals surface area contributed by atoms with Gasteiger partial charge in [0.05, 0.1) is 5.56 Å². The fourth-order valence-corrected chi connectivity index (χ4v) is 3.58. The SMILES string of the molecule is O=C(NCCCC(=O)N1CCN(c2nccs2)CC1)c1ccc(F)cc1F. The highest BCUT2D eigenvalue weighted by atomic mass is 32.1. The van der Waals surface area contributed by atoms with Crippen molar-refractivity contribution in [3.63, 3.8) is 0 Å². The fraction of sp³-hybridized carbons (Fsp3) is 0.389. The Bertz CT molecular complexity index is 793. The van der Waals surface area contributed by atoms with E-state index in [1.54, 1.807) is 17.5 Å². The van der Waals surface area contributed by atoms with Crippen LogP contribution in [0, 0.1) is 11.6 Å². The van der Waals surface area contributed by atoms with Gasteiger partial charge >= 0.3 is 0 Å². The molecular weight excluding hydrogens is 374 g/mol. The number of benzene rings is 1. The summed E-state index contributed by atoms with van der Waals surface area (Å²) in [5.74, 6) is -2.21. The summed E-state index contributed by atoms with van der Waals surface area (Å²) in [5.41, 5.74) is -0.207. The standard InChI is InChI=1S/C18H20F2N4O2S/c19-13-3-4-14(15(20)12-13)17(26)21-5-1-2-16(25)23-7-9-24(10-8-23)18-22-6-11-27-18/h3-4,6,11-12H,1-2,5,7-10H2,(H,21,26). The van der Waals surface area contributed by atoms with Gasteiger partial charge < -0.3 is 15.1 Å². The maximum atomic E-state index is 13.5. The Morgan fingerprint density at radius 3 is 2.63 bits per heavy atom. The zero-order chi connectivity index (χ0) is 19.2. The van der Waals surface area contributed by atoms with Crippen molar-refractivity contribution in [1.82, 2.24) is 15.2 Å². The molecule has 2 heterocycles. The van der Waals surface area contributed by atoms with Crippen LogP contribution in [-0.4, -0.2) is 54.4 Å². The summed E-state index contributed by atoms with van der Waals surface area (Å²) in [6.07, 6.45) is 2.53. The number of rotatable bonds is 6. The monoisotopic (exact) mass is 394 g/mol. The summed E-state index contributed by atoms with van der Waals surface area (Å²) in [5, 5.41) is 5.46. The molecule has 0 aliphatic carbocycles. The van der Waals surface area contributed by atoms with Crippen LogP contribution in [0.15, 0.2) is 29.8 Å². The van der Waals surface area contributed by atoms with Crippen LogP contribution in [0.4, 0.5) is 13.9 Å².